The number of carbonyl (C=O) groups excluding carboxylic acids is 1. The molecule has 0 aliphatic carbocycles. The van der Waals surface area contributed by atoms with E-state index in [4.69, 9.17) is 9.72 Å². The summed E-state index contributed by atoms with van der Waals surface area (Å²) in [6.07, 6.45) is 6.29. The van der Waals surface area contributed by atoms with Crippen LogP contribution >= 0.6 is 0 Å². The Morgan fingerprint density at radius 3 is 2.93 bits per heavy atom. The number of carbonyl (C=O) groups is 1. The first-order valence-electron chi connectivity index (χ1n) is 10.3. The minimum Gasteiger partial charge on any atom is -0.494 e. The molecule has 4 rings (SSSR count). The molecule has 1 amide bonds. The van der Waals surface area contributed by atoms with E-state index in [1.165, 1.54) is 6.42 Å². The summed E-state index contributed by atoms with van der Waals surface area (Å²) in [4.78, 5) is 24.0. The number of nitrogens with zero attached hydrogens (tertiary/aromatic N) is 3. The number of aromatic nitrogens is 2. The van der Waals surface area contributed by atoms with Crippen LogP contribution in [0.15, 0.2) is 30.5 Å². The van der Waals surface area contributed by atoms with E-state index in [1.807, 2.05) is 42.3 Å². The molecule has 2 aromatic rings. The van der Waals surface area contributed by atoms with Crippen LogP contribution in [0.4, 0.5) is 0 Å². The lowest BCUT2D eigenvalue weighted by Gasteiger charge is -2.28. The first-order valence-corrected chi connectivity index (χ1v) is 10.3. The van der Waals surface area contributed by atoms with E-state index in [0.29, 0.717) is 25.6 Å². The number of benzene rings is 1. The third kappa shape index (κ3) is 4.33. The van der Waals surface area contributed by atoms with Gasteiger partial charge in [-0.05, 0) is 50.4 Å². The average Bonchev–Trinajstić information content (AvgIpc) is 3.27. The van der Waals surface area contributed by atoms with Gasteiger partial charge in [-0.1, -0.05) is 12.1 Å². The first kappa shape index (κ1) is 18.9. The zero-order chi connectivity index (χ0) is 19.3. The van der Waals surface area contributed by atoms with Gasteiger partial charge in [0.25, 0.3) is 0 Å². The Balaban J connectivity index is 1.32. The van der Waals surface area contributed by atoms with Crippen LogP contribution in [0.1, 0.15) is 54.9 Å². The van der Waals surface area contributed by atoms with Crippen LogP contribution in [0.25, 0.3) is 0 Å². The Kier molecular flexibility index (Phi) is 5.86. The molecular weight excluding hydrogens is 352 g/mol. The molecular formula is C22H28N4O2. The minimum atomic E-state index is 0.195. The number of hydrogen-bond donors (Lipinski definition) is 1. The number of nitrogens with one attached hydrogen (secondary N) is 1. The van der Waals surface area contributed by atoms with Gasteiger partial charge < -0.3 is 15.0 Å². The van der Waals surface area contributed by atoms with Crippen molar-refractivity contribution >= 4 is 5.91 Å². The molecule has 0 saturated carbocycles. The van der Waals surface area contributed by atoms with Gasteiger partial charge in [0.2, 0.25) is 5.91 Å². The van der Waals surface area contributed by atoms with Gasteiger partial charge in [-0.15, -0.1) is 0 Å². The van der Waals surface area contributed by atoms with E-state index >= 15 is 0 Å². The maximum Gasteiger partial charge on any atom is 0.223 e. The lowest BCUT2D eigenvalue weighted by atomic mass is 10.0. The van der Waals surface area contributed by atoms with E-state index in [0.717, 1.165) is 60.7 Å². The Morgan fingerprint density at radius 1 is 1.32 bits per heavy atom. The Labute approximate surface area is 166 Å². The molecule has 6 heteroatoms. The third-order valence-electron chi connectivity index (χ3n) is 5.54. The molecule has 1 atom stereocenters. The van der Waals surface area contributed by atoms with Crippen molar-refractivity contribution < 1.29 is 9.53 Å². The molecule has 0 bridgehead atoms. The molecule has 1 N–H and O–H groups in total. The normalized spacial score (nSPS) is 18.8. The van der Waals surface area contributed by atoms with Crippen LogP contribution in [-0.4, -0.2) is 40.5 Å². The van der Waals surface area contributed by atoms with Crippen LogP contribution in [0.5, 0.6) is 5.75 Å². The molecule has 2 aliphatic heterocycles. The average molecular weight is 380 g/mol. The van der Waals surface area contributed by atoms with Crippen molar-refractivity contribution in [2.24, 2.45) is 0 Å². The van der Waals surface area contributed by atoms with Crippen molar-refractivity contribution in [1.29, 1.82) is 0 Å². The van der Waals surface area contributed by atoms with Crippen molar-refractivity contribution in [2.75, 3.05) is 19.7 Å². The van der Waals surface area contributed by atoms with Crippen LogP contribution in [0, 0.1) is 0 Å². The van der Waals surface area contributed by atoms with Crippen LogP contribution < -0.4 is 10.1 Å². The molecule has 28 heavy (non-hydrogen) atoms. The maximum absolute atomic E-state index is 12.7. The molecule has 148 valence electrons. The molecule has 1 saturated heterocycles. The van der Waals surface area contributed by atoms with Crippen molar-refractivity contribution in [3.05, 3.63) is 53.1 Å². The zero-order valence-electron chi connectivity index (χ0n) is 16.5. The minimum absolute atomic E-state index is 0.195. The number of rotatable bonds is 6. The van der Waals surface area contributed by atoms with Gasteiger partial charge in [0.15, 0.2) is 0 Å². The molecule has 0 radical (unpaired) electrons. The van der Waals surface area contributed by atoms with Crippen molar-refractivity contribution in [3.63, 3.8) is 0 Å². The Hall–Kier alpha value is -2.47. The van der Waals surface area contributed by atoms with Crippen LogP contribution in [0.2, 0.25) is 0 Å². The van der Waals surface area contributed by atoms with Gasteiger partial charge >= 0.3 is 0 Å². The van der Waals surface area contributed by atoms with Gasteiger partial charge in [-0.2, -0.15) is 0 Å². The fourth-order valence-corrected chi connectivity index (χ4v) is 3.95. The van der Waals surface area contributed by atoms with E-state index in [1.54, 1.807) is 0 Å². The predicted molar refractivity (Wildman–Crippen MR) is 107 cm³/mol. The summed E-state index contributed by atoms with van der Waals surface area (Å²) in [6, 6.07) is 8.30. The number of aryl methyl sites for hydroxylation is 1. The second-order valence-corrected chi connectivity index (χ2v) is 7.49. The molecule has 1 aromatic carbocycles. The highest BCUT2D eigenvalue weighted by molar-refractivity contribution is 5.76. The quantitative estimate of drug-likeness (QED) is 0.835. The summed E-state index contributed by atoms with van der Waals surface area (Å²) in [6.45, 7) is 5.04. The van der Waals surface area contributed by atoms with Gasteiger partial charge in [0, 0.05) is 37.7 Å². The zero-order valence-corrected chi connectivity index (χ0v) is 16.5. The second kappa shape index (κ2) is 8.69. The summed E-state index contributed by atoms with van der Waals surface area (Å²) in [5.41, 5.74) is 3.35. The second-order valence-electron chi connectivity index (χ2n) is 7.49. The number of amides is 1. The van der Waals surface area contributed by atoms with E-state index < -0.39 is 0 Å². The van der Waals surface area contributed by atoms with Crippen molar-refractivity contribution in [1.82, 2.24) is 20.2 Å². The van der Waals surface area contributed by atoms with Gasteiger partial charge in [-0.25, -0.2) is 9.97 Å². The topological polar surface area (TPSA) is 67.3 Å². The van der Waals surface area contributed by atoms with Crippen LogP contribution in [0.3, 0.4) is 0 Å². The number of fused-ring (bicyclic) bond motifs is 1. The van der Waals surface area contributed by atoms with Crippen molar-refractivity contribution in [2.45, 2.75) is 51.6 Å². The fraction of sp³-hybridized carbons (Fsp3) is 0.500. The Morgan fingerprint density at radius 2 is 2.18 bits per heavy atom. The van der Waals surface area contributed by atoms with E-state index in [-0.39, 0.29) is 5.91 Å². The van der Waals surface area contributed by atoms with Crippen molar-refractivity contribution in [3.8, 4) is 5.75 Å². The molecule has 1 unspecified atom stereocenters. The summed E-state index contributed by atoms with van der Waals surface area (Å²) in [7, 11) is 0. The maximum atomic E-state index is 12.7. The smallest absolute Gasteiger partial charge is 0.223 e. The highest BCUT2D eigenvalue weighted by Gasteiger charge is 2.24. The van der Waals surface area contributed by atoms with Gasteiger partial charge in [0.05, 0.1) is 18.3 Å². The standard InChI is InChI=1S/C22H28N4O2/c1-2-28-18-8-5-16(6-9-18)7-10-21(27)26-13-11-19-17(15-26)14-24-22(25-19)20-4-3-12-23-20/h5-6,8-9,14,20,23H,2-4,7,10-13,15H2,1H3. The van der Waals surface area contributed by atoms with Crippen LogP contribution in [-0.2, 0) is 24.2 Å². The number of ether oxygens (including phenoxy) is 1. The molecule has 1 aromatic heterocycles. The predicted octanol–water partition coefficient (Wildman–Crippen LogP) is 2.82. The van der Waals surface area contributed by atoms with E-state index in [2.05, 4.69) is 10.3 Å². The molecule has 6 nitrogen and oxygen atoms in total. The largest absolute Gasteiger partial charge is 0.494 e. The third-order valence-corrected chi connectivity index (χ3v) is 5.54. The Bertz CT molecular complexity index is 816. The molecule has 3 heterocycles. The van der Waals surface area contributed by atoms with Gasteiger partial charge in [0.1, 0.15) is 11.6 Å². The van der Waals surface area contributed by atoms with Gasteiger partial charge in [-0.3, -0.25) is 4.79 Å². The lowest BCUT2D eigenvalue weighted by Crippen LogP contribution is -2.37. The SMILES string of the molecule is CCOc1ccc(CCC(=O)N2CCc3nc(C4CCCN4)ncc3C2)cc1. The monoisotopic (exact) mass is 380 g/mol. The van der Waals surface area contributed by atoms with E-state index in [9.17, 15) is 4.79 Å². The molecule has 0 spiro atoms. The molecule has 2 aliphatic rings. The highest BCUT2D eigenvalue weighted by atomic mass is 16.5. The lowest BCUT2D eigenvalue weighted by molar-refractivity contribution is -0.132. The molecule has 1 fully saturated rings. The summed E-state index contributed by atoms with van der Waals surface area (Å²) >= 11 is 0. The summed E-state index contributed by atoms with van der Waals surface area (Å²) < 4.78 is 5.46. The fourth-order valence-electron chi connectivity index (χ4n) is 3.95. The highest BCUT2D eigenvalue weighted by Crippen LogP contribution is 2.23. The first-order chi connectivity index (χ1) is 13.7. The summed E-state index contributed by atoms with van der Waals surface area (Å²) in [5, 5.41) is 3.45. The number of hydrogen-bond acceptors (Lipinski definition) is 5. The summed E-state index contributed by atoms with van der Waals surface area (Å²) in [5.74, 6) is 1.98.